The number of imidazole rings is 1. The second-order valence-corrected chi connectivity index (χ2v) is 10.4. The Kier molecular flexibility index (Phi) is 8.46. The summed E-state index contributed by atoms with van der Waals surface area (Å²) in [5, 5.41) is 11.7. The molecule has 186 valence electrons. The fraction of sp³-hybridized carbons (Fsp3) is 0.400. The van der Waals surface area contributed by atoms with E-state index < -0.39 is 5.37 Å². The Hall–Kier alpha value is -2.85. The number of methoxy groups -OCH3 is 1. The maximum Gasteiger partial charge on any atom is 0.258 e. The zero-order chi connectivity index (χ0) is 24.8. The van der Waals surface area contributed by atoms with Crippen LogP contribution in [0.4, 0.5) is 0 Å². The lowest BCUT2D eigenvalue weighted by molar-refractivity contribution is -0.139. The number of ether oxygens (including phenoxy) is 1. The molecule has 0 spiro atoms. The van der Waals surface area contributed by atoms with E-state index in [1.165, 1.54) is 49.2 Å². The number of carbonyl (C=O) groups is 2. The Balaban J connectivity index is 1.49. The molecule has 1 atom stereocenters. The standard InChI is InChI=1S/C25H30N4O4S2/c1-3-4-5-8-13-34-25-26-18-9-6-7-10-19(18)28(25)15-22(31)27-29-23(32)16-35-24(29)17-11-12-20(30)21(14-17)33-2/h6-7,9-12,14,24,30H,3-5,8,13,15-16H2,1-2H3,(H,27,31). The highest BCUT2D eigenvalue weighted by molar-refractivity contribution is 8.00. The summed E-state index contributed by atoms with van der Waals surface area (Å²) in [5.41, 5.74) is 5.30. The molecule has 1 fully saturated rings. The summed E-state index contributed by atoms with van der Waals surface area (Å²) >= 11 is 3.07. The topological polar surface area (TPSA) is 96.7 Å². The minimum atomic E-state index is -0.409. The van der Waals surface area contributed by atoms with Gasteiger partial charge in [0, 0.05) is 5.75 Å². The number of amides is 2. The fourth-order valence-corrected chi connectivity index (χ4v) is 6.07. The van der Waals surface area contributed by atoms with Gasteiger partial charge in [-0.05, 0) is 36.2 Å². The number of para-hydroxylation sites is 2. The van der Waals surface area contributed by atoms with Gasteiger partial charge in [-0.2, -0.15) is 0 Å². The first-order valence-corrected chi connectivity index (χ1v) is 13.7. The Morgan fingerprint density at radius 1 is 1.26 bits per heavy atom. The lowest BCUT2D eigenvalue weighted by Gasteiger charge is -2.25. The van der Waals surface area contributed by atoms with E-state index >= 15 is 0 Å². The van der Waals surface area contributed by atoms with Crippen molar-refractivity contribution in [3.8, 4) is 11.5 Å². The van der Waals surface area contributed by atoms with E-state index in [1.54, 1.807) is 23.9 Å². The second kappa shape index (κ2) is 11.7. The predicted molar refractivity (Wildman–Crippen MR) is 139 cm³/mol. The molecule has 4 rings (SSSR count). The van der Waals surface area contributed by atoms with Crippen molar-refractivity contribution in [3.63, 3.8) is 0 Å². The summed E-state index contributed by atoms with van der Waals surface area (Å²) in [4.78, 5) is 30.5. The van der Waals surface area contributed by atoms with E-state index in [1.807, 2.05) is 28.8 Å². The molecule has 2 N–H and O–H groups in total. The Morgan fingerprint density at radius 2 is 2.09 bits per heavy atom. The van der Waals surface area contributed by atoms with Crippen molar-refractivity contribution in [1.29, 1.82) is 0 Å². The number of hydrogen-bond donors (Lipinski definition) is 2. The summed E-state index contributed by atoms with van der Waals surface area (Å²) in [5.74, 6) is 1.05. The van der Waals surface area contributed by atoms with Crippen LogP contribution in [0.25, 0.3) is 11.0 Å². The first kappa shape index (κ1) is 25.2. The molecule has 35 heavy (non-hydrogen) atoms. The van der Waals surface area contributed by atoms with E-state index in [0.29, 0.717) is 5.75 Å². The SMILES string of the molecule is CCCCCCSc1nc2ccccc2n1CC(=O)NN1C(=O)CSC1c1ccc(O)c(OC)c1. The lowest BCUT2D eigenvalue weighted by Crippen LogP contribution is -2.45. The van der Waals surface area contributed by atoms with Crippen molar-refractivity contribution in [2.45, 2.75) is 49.7 Å². The van der Waals surface area contributed by atoms with Crippen LogP contribution in [0, 0.1) is 0 Å². The molecule has 0 saturated carbocycles. The molecule has 2 aromatic carbocycles. The molecule has 1 aliphatic rings. The maximum absolute atomic E-state index is 13.1. The van der Waals surface area contributed by atoms with Gasteiger partial charge in [0.1, 0.15) is 11.9 Å². The van der Waals surface area contributed by atoms with Crippen LogP contribution in [0.15, 0.2) is 47.6 Å². The third-order valence-electron chi connectivity index (χ3n) is 5.75. The highest BCUT2D eigenvalue weighted by Gasteiger charge is 2.35. The molecule has 1 aromatic heterocycles. The first-order valence-electron chi connectivity index (χ1n) is 11.7. The van der Waals surface area contributed by atoms with Crippen LogP contribution < -0.4 is 10.2 Å². The summed E-state index contributed by atoms with van der Waals surface area (Å²) in [7, 11) is 1.47. The molecular weight excluding hydrogens is 484 g/mol. The van der Waals surface area contributed by atoms with Gasteiger partial charge in [0.15, 0.2) is 16.7 Å². The average molecular weight is 515 g/mol. The third kappa shape index (κ3) is 5.87. The zero-order valence-electron chi connectivity index (χ0n) is 19.9. The van der Waals surface area contributed by atoms with Gasteiger partial charge in [0.25, 0.3) is 11.8 Å². The third-order valence-corrected chi connectivity index (χ3v) is 8.03. The summed E-state index contributed by atoms with van der Waals surface area (Å²) in [6, 6.07) is 12.7. The number of benzene rings is 2. The van der Waals surface area contributed by atoms with Gasteiger partial charge >= 0.3 is 0 Å². The van der Waals surface area contributed by atoms with Crippen molar-refractivity contribution >= 4 is 46.4 Å². The molecule has 8 nitrogen and oxygen atoms in total. The number of thioether (sulfide) groups is 2. The smallest absolute Gasteiger partial charge is 0.258 e. The van der Waals surface area contributed by atoms with Crippen molar-refractivity contribution in [2.24, 2.45) is 0 Å². The first-order chi connectivity index (χ1) is 17.0. The van der Waals surface area contributed by atoms with Gasteiger partial charge in [-0.15, -0.1) is 11.8 Å². The molecule has 0 aliphatic carbocycles. The molecular formula is C25H30N4O4S2. The molecule has 10 heteroatoms. The number of phenols is 1. The van der Waals surface area contributed by atoms with E-state index in [-0.39, 0.29) is 29.9 Å². The van der Waals surface area contributed by atoms with E-state index in [9.17, 15) is 14.7 Å². The number of unbranched alkanes of at least 4 members (excludes halogenated alkanes) is 3. The zero-order valence-corrected chi connectivity index (χ0v) is 21.5. The molecule has 1 aliphatic heterocycles. The van der Waals surface area contributed by atoms with Gasteiger partial charge in [-0.1, -0.05) is 56.1 Å². The number of aromatic nitrogens is 2. The van der Waals surface area contributed by atoms with Gasteiger partial charge in [0.2, 0.25) is 0 Å². The van der Waals surface area contributed by atoms with Crippen LogP contribution in [0.3, 0.4) is 0 Å². The Labute approximate surface area is 213 Å². The summed E-state index contributed by atoms with van der Waals surface area (Å²) in [6.45, 7) is 2.25. The van der Waals surface area contributed by atoms with Crippen LogP contribution in [-0.2, 0) is 16.1 Å². The largest absolute Gasteiger partial charge is 0.504 e. The maximum atomic E-state index is 13.1. The van der Waals surface area contributed by atoms with Crippen LogP contribution >= 0.6 is 23.5 Å². The van der Waals surface area contributed by atoms with E-state index in [0.717, 1.165) is 33.9 Å². The van der Waals surface area contributed by atoms with Crippen molar-refractivity contribution in [3.05, 3.63) is 48.0 Å². The van der Waals surface area contributed by atoms with Gasteiger partial charge in [-0.3, -0.25) is 15.0 Å². The van der Waals surface area contributed by atoms with Crippen LogP contribution in [0.1, 0.15) is 43.5 Å². The molecule has 0 radical (unpaired) electrons. The van der Waals surface area contributed by atoms with Crippen LogP contribution in [-0.4, -0.2) is 50.1 Å². The number of carbonyl (C=O) groups excluding carboxylic acids is 2. The number of rotatable bonds is 11. The quantitative estimate of drug-likeness (QED) is 0.282. The lowest BCUT2D eigenvalue weighted by atomic mass is 10.2. The van der Waals surface area contributed by atoms with Gasteiger partial charge in [0.05, 0.1) is 23.9 Å². The normalized spacial score (nSPS) is 15.7. The minimum Gasteiger partial charge on any atom is -0.504 e. The highest BCUT2D eigenvalue weighted by Crippen LogP contribution is 2.40. The molecule has 3 aromatic rings. The molecule has 1 saturated heterocycles. The van der Waals surface area contributed by atoms with Crippen molar-refractivity contribution < 1.29 is 19.4 Å². The minimum absolute atomic E-state index is 0.0212. The van der Waals surface area contributed by atoms with E-state index in [2.05, 4.69) is 12.3 Å². The van der Waals surface area contributed by atoms with Crippen molar-refractivity contribution in [2.75, 3.05) is 18.6 Å². The van der Waals surface area contributed by atoms with Crippen LogP contribution in [0.5, 0.6) is 11.5 Å². The van der Waals surface area contributed by atoms with Crippen LogP contribution in [0.2, 0.25) is 0 Å². The molecule has 2 amide bonds. The average Bonchev–Trinajstić information content (AvgIpc) is 3.39. The number of aromatic hydroxyl groups is 1. The molecule has 2 heterocycles. The predicted octanol–water partition coefficient (Wildman–Crippen LogP) is 4.73. The van der Waals surface area contributed by atoms with E-state index in [4.69, 9.17) is 9.72 Å². The molecule has 1 unspecified atom stereocenters. The Morgan fingerprint density at radius 3 is 2.89 bits per heavy atom. The highest BCUT2D eigenvalue weighted by atomic mass is 32.2. The molecule has 0 bridgehead atoms. The second-order valence-electron chi connectivity index (χ2n) is 8.27. The number of hydrogen-bond acceptors (Lipinski definition) is 7. The number of hydrazine groups is 1. The van der Waals surface area contributed by atoms with Crippen molar-refractivity contribution in [1.82, 2.24) is 20.0 Å². The summed E-state index contributed by atoms with van der Waals surface area (Å²) in [6.07, 6.45) is 4.69. The number of phenolic OH excluding ortho intramolecular Hbond substituents is 1. The number of fused-ring (bicyclic) bond motifs is 1. The summed E-state index contributed by atoms with van der Waals surface area (Å²) < 4.78 is 7.12. The van der Waals surface area contributed by atoms with Gasteiger partial charge < -0.3 is 14.4 Å². The monoisotopic (exact) mass is 514 g/mol. The number of nitrogens with one attached hydrogen (secondary N) is 1. The van der Waals surface area contributed by atoms with Gasteiger partial charge in [-0.25, -0.2) is 9.99 Å². The fourth-order valence-electron chi connectivity index (χ4n) is 3.96. The number of nitrogens with zero attached hydrogens (tertiary/aromatic N) is 3. The Bertz CT molecular complexity index is 1200.